The molecule has 0 saturated carbocycles. The van der Waals surface area contributed by atoms with Crippen molar-refractivity contribution in [2.45, 2.75) is 32.8 Å². The van der Waals surface area contributed by atoms with E-state index in [0.29, 0.717) is 33.1 Å². The molecule has 2 aromatic heterocycles. The van der Waals surface area contributed by atoms with Crippen LogP contribution in [-0.4, -0.2) is 33.1 Å². The van der Waals surface area contributed by atoms with Crippen molar-refractivity contribution in [3.63, 3.8) is 0 Å². The van der Waals surface area contributed by atoms with E-state index in [9.17, 15) is 5.11 Å². The van der Waals surface area contributed by atoms with E-state index < -0.39 is 0 Å². The van der Waals surface area contributed by atoms with Crippen molar-refractivity contribution in [2.24, 2.45) is 0 Å². The van der Waals surface area contributed by atoms with Gasteiger partial charge < -0.3 is 14.7 Å². The number of benzene rings is 1. The quantitative estimate of drug-likeness (QED) is 0.565. The SMILES string of the molecule is Cc1c(CO)cc(-c2cc(Cl)cc(Cl)c2)nc1Oc1cnc(N2CCCCC2)cn1. The number of hydrogen-bond acceptors (Lipinski definition) is 6. The number of pyridine rings is 1. The molecule has 0 radical (unpaired) electrons. The summed E-state index contributed by atoms with van der Waals surface area (Å²) in [6.07, 6.45) is 6.94. The molecule has 0 unspecified atom stereocenters. The first-order valence-electron chi connectivity index (χ1n) is 9.86. The van der Waals surface area contributed by atoms with Crippen LogP contribution in [0.15, 0.2) is 36.7 Å². The molecule has 1 aromatic carbocycles. The second-order valence-electron chi connectivity index (χ2n) is 7.28. The third-order valence-corrected chi connectivity index (χ3v) is 5.60. The summed E-state index contributed by atoms with van der Waals surface area (Å²) in [4.78, 5) is 15.8. The van der Waals surface area contributed by atoms with Gasteiger partial charge in [0.15, 0.2) is 0 Å². The highest BCUT2D eigenvalue weighted by Gasteiger charge is 2.16. The maximum absolute atomic E-state index is 9.80. The van der Waals surface area contributed by atoms with Crippen LogP contribution >= 0.6 is 23.2 Å². The van der Waals surface area contributed by atoms with Gasteiger partial charge in [0.05, 0.1) is 24.7 Å². The number of anilines is 1. The summed E-state index contributed by atoms with van der Waals surface area (Å²) in [5, 5.41) is 10.8. The highest BCUT2D eigenvalue weighted by molar-refractivity contribution is 6.35. The van der Waals surface area contributed by atoms with E-state index in [2.05, 4.69) is 19.9 Å². The molecular weight excluding hydrogens is 423 g/mol. The number of ether oxygens (including phenoxy) is 1. The molecule has 6 nitrogen and oxygen atoms in total. The van der Waals surface area contributed by atoms with Gasteiger partial charge in [-0.05, 0) is 56.0 Å². The number of halogens is 2. The predicted molar refractivity (Wildman–Crippen MR) is 119 cm³/mol. The molecule has 3 aromatic rings. The number of rotatable bonds is 5. The zero-order valence-corrected chi connectivity index (χ0v) is 18.1. The van der Waals surface area contributed by atoms with Gasteiger partial charge >= 0.3 is 0 Å². The molecule has 8 heteroatoms. The van der Waals surface area contributed by atoms with E-state index in [0.717, 1.165) is 30.0 Å². The summed E-state index contributed by atoms with van der Waals surface area (Å²) in [5.74, 6) is 1.55. The van der Waals surface area contributed by atoms with Gasteiger partial charge in [-0.25, -0.2) is 15.0 Å². The molecule has 0 aliphatic carbocycles. The van der Waals surface area contributed by atoms with Gasteiger partial charge in [-0.1, -0.05) is 23.2 Å². The van der Waals surface area contributed by atoms with Crippen molar-refractivity contribution in [3.05, 3.63) is 57.8 Å². The number of piperidine rings is 1. The molecule has 30 heavy (non-hydrogen) atoms. The highest BCUT2D eigenvalue weighted by Crippen LogP contribution is 2.32. The third kappa shape index (κ3) is 4.67. The van der Waals surface area contributed by atoms with Crippen LogP contribution in [0, 0.1) is 6.92 Å². The van der Waals surface area contributed by atoms with Crippen LogP contribution in [0.3, 0.4) is 0 Å². The van der Waals surface area contributed by atoms with Crippen LogP contribution in [0.4, 0.5) is 5.82 Å². The van der Waals surface area contributed by atoms with Crippen molar-refractivity contribution >= 4 is 29.0 Å². The van der Waals surface area contributed by atoms with Gasteiger partial charge in [0, 0.05) is 34.3 Å². The fourth-order valence-electron chi connectivity index (χ4n) is 3.50. The Kier molecular flexibility index (Phi) is 6.37. The Bertz CT molecular complexity index is 1020. The second-order valence-corrected chi connectivity index (χ2v) is 8.15. The molecule has 1 fully saturated rings. The lowest BCUT2D eigenvalue weighted by Crippen LogP contribution is -2.30. The van der Waals surface area contributed by atoms with E-state index in [1.165, 1.54) is 19.3 Å². The molecule has 1 saturated heterocycles. The predicted octanol–water partition coefficient (Wildman–Crippen LogP) is 5.43. The Labute approximate surface area is 185 Å². The maximum atomic E-state index is 9.80. The molecule has 1 aliphatic heterocycles. The molecule has 0 amide bonds. The van der Waals surface area contributed by atoms with E-state index in [1.807, 2.05) is 6.92 Å². The molecular formula is C22H22Cl2N4O2. The second kappa shape index (κ2) is 9.16. The average Bonchev–Trinajstić information content (AvgIpc) is 2.75. The topological polar surface area (TPSA) is 71.4 Å². The van der Waals surface area contributed by atoms with Crippen molar-refractivity contribution in [1.29, 1.82) is 0 Å². The van der Waals surface area contributed by atoms with Crippen LogP contribution in [0.5, 0.6) is 11.8 Å². The van der Waals surface area contributed by atoms with Crippen LogP contribution < -0.4 is 9.64 Å². The minimum absolute atomic E-state index is 0.147. The van der Waals surface area contributed by atoms with Gasteiger partial charge in [0.25, 0.3) is 0 Å². The van der Waals surface area contributed by atoms with E-state index in [-0.39, 0.29) is 6.61 Å². The van der Waals surface area contributed by atoms with Crippen molar-refractivity contribution in [1.82, 2.24) is 15.0 Å². The summed E-state index contributed by atoms with van der Waals surface area (Å²) in [7, 11) is 0. The Balaban J connectivity index is 1.63. The zero-order valence-electron chi connectivity index (χ0n) is 16.6. The van der Waals surface area contributed by atoms with Gasteiger partial charge in [0.1, 0.15) is 5.82 Å². The number of aromatic nitrogens is 3. The van der Waals surface area contributed by atoms with E-state index in [1.54, 1.807) is 36.7 Å². The molecule has 0 bridgehead atoms. The maximum Gasteiger partial charge on any atom is 0.239 e. The summed E-state index contributed by atoms with van der Waals surface area (Å²) in [6.45, 7) is 3.70. The first-order chi connectivity index (χ1) is 14.5. The summed E-state index contributed by atoms with van der Waals surface area (Å²) < 4.78 is 5.94. The van der Waals surface area contributed by atoms with Crippen molar-refractivity contribution < 1.29 is 9.84 Å². The summed E-state index contributed by atoms with van der Waals surface area (Å²) >= 11 is 12.3. The minimum Gasteiger partial charge on any atom is -0.419 e. The number of aliphatic hydroxyl groups excluding tert-OH is 1. The van der Waals surface area contributed by atoms with Crippen LogP contribution in [0.1, 0.15) is 30.4 Å². The fraction of sp³-hybridized carbons (Fsp3) is 0.318. The fourth-order valence-corrected chi connectivity index (χ4v) is 4.02. The average molecular weight is 445 g/mol. The lowest BCUT2D eigenvalue weighted by Gasteiger charge is -2.27. The molecule has 4 rings (SSSR count). The first-order valence-corrected chi connectivity index (χ1v) is 10.6. The van der Waals surface area contributed by atoms with Gasteiger partial charge in [0.2, 0.25) is 11.8 Å². The monoisotopic (exact) mass is 444 g/mol. The van der Waals surface area contributed by atoms with Crippen LogP contribution in [0.2, 0.25) is 10.0 Å². The summed E-state index contributed by atoms with van der Waals surface area (Å²) in [6, 6.07) is 6.99. The van der Waals surface area contributed by atoms with Crippen molar-refractivity contribution in [2.75, 3.05) is 18.0 Å². The number of hydrogen-bond donors (Lipinski definition) is 1. The molecule has 0 spiro atoms. The molecule has 3 heterocycles. The van der Waals surface area contributed by atoms with E-state index in [4.69, 9.17) is 27.9 Å². The molecule has 156 valence electrons. The molecule has 1 N–H and O–H groups in total. The van der Waals surface area contributed by atoms with Crippen LogP contribution in [-0.2, 0) is 6.61 Å². The first kappa shape index (κ1) is 20.8. The Morgan fingerprint density at radius 2 is 1.73 bits per heavy atom. The minimum atomic E-state index is -0.147. The molecule has 1 aliphatic rings. The third-order valence-electron chi connectivity index (χ3n) is 5.16. The van der Waals surface area contributed by atoms with Crippen molar-refractivity contribution in [3.8, 4) is 23.0 Å². The number of nitrogens with zero attached hydrogens (tertiary/aromatic N) is 4. The normalized spacial score (nSPS) is 14.1. The Morgan fingerprint density at radius 1 is 1.00 bits per heavy atom. The van der Waals surface area contributed by atoms with Crippen LogP contribution in [0.25, 0.3) is 11.3 Å². The van der Waals surface area contributed by atoms with Gasteiger partial charge in [-0.2, -0.15) is 0 Å². The largest absolute Gasteiger partial charge is 0.419 e. The van der Waals surface area contributed by atoms with Gasteiger partial charge in [-0.3, -0.25) is 0 Å². The highest BCUT2D eigenvalue weighted by atomic mass is 35.5. The Morgan fingerprint density at radius 3 is 2.37 bits per heavy atom. The standard InChI is InChI=1S/C22H22Cl2N4O2/c1-14-16(13-29)9-19(15-7-17(23)10-18(24)8-15)27-22(14)30-21-12-25-20(11-26-21)28-5-3-2-4-6-28/h7-12,29H,2-6,13H2,1H3. The number of aliphatic hydroxyl groups is 1. The smallest absolute Gasteiger partial charge is 0.239 e. The Hall–Kier alpha value is -2.41. The molecule has 0 atom stereocenters. The lowest BCUT2D eigenvalue weighted by molar-refractivity contribution is 0.280. The van der Waals surface area contributed by atoms with Gasteiger partial charge in [-0.15, -0.1) is 0 Å². The summed E-state index contributed by atoms with van der Waals surface area (Å²) in [5.41, 5.74) is 2.76. The van der Waals surface area contributed by atoms with E-state index >= 15 is 0 Å². The lowest BCUT2D eigenvalue weighted by atomic mass is 10.1. The zero-order chi connectivity index (χ0) is 21.1.